The van der Waals surface area contributed by atoms with Gasteiger partial charge in [-0.1, -0.05) is 11.6 Å². The Kier molecular flexibility index (Phi) is 8.42. The Morgan fingerprint density at radius 1 is 1.22 bits per heavy atom. The number of sulfone groups is 1. The van der Waals surface area contributed by atoms with Crippen LogP contribution in [0.15, 0.2) is 40.8 Å². The molecule has 0 radical (unpaired) electrons. The minimum Gasteiger partial charge on any atom is -0.497 e. The summed E-state index contributed by atoms with van der Waals surface area (Å²) in [7, 11) is -2.51. The Morgan fingerprint density at radius 3 is 2.15 bits per heavy atom. The topological polar surface area (TPSA) is 130 Å². The molecule has 9 heteroatoms. The van der Waals surface area contributed by atoms with Crippen molar-refractivity contribution in [3.05, 3.63) is 35.9 Å². The second kappa shape index (κ2) is 9.84. The van der Waals surface area contributed by atoms with Crippen LogP contribution in [0.5, 0.6) is 5.75 Å². The maximum atomic E-state index is 13.1. The third-order valence-corrected chi connectivity index (χ3v) is 7.20. The molecule has 1 saturated heterocycles. The fraction of sp³-hybridized carbons (Fsp3) is 0.500. The normalized spacial score (nSPS) is 16.6. The minimum absolute atomic E-state index is 0.0217. The van der Waals surface area contributed by atoms with Gasteiger partial charge in [0.1, 0.15) is 5.75 Å². The molecule has 0 saturated carbocycles. The summed E-state index contributed by atoms with van der Waals surface area (Å²) in [5.74, 6) is 2.75. The minimum atomic E-state index is -4.00. The van der Waals surface area contributed by atoms with Gasteiger partial charge in [0.25, 0.3) is 0 Å². The van der Waals surface area contributed by atoms with E-state index in [2.05, 4.69) is 16.9 Å². The summed E-state index contributed by atoms with van der Waals surface area (Å²) >= 11 is 0. The number of carboxylic acids is 1. The molecular formula is C18H28N2O6S. The number of likely N-dealkylation sites (tertiary alicyclic amines) is 1. The first kappa shape index (κ1) is 23.1. The first-order valence-corrected chi connectivity index (χ1v) is 9.95. The summed E-state index contributed by atoms with van der Waals surface area (Å²) < 4.78 is 29.4. The van der Waals surface area contributed by atoms with Gasteiger partial charge >= 0.3 is 5.97 Å². The SMILES string of the molecule is COc1ccc(S(=O)(=O)C2(C(=O)O)CCN(CC=C(C)C)CC2)cc1.NO. The van der Waals surface area contributed by atoms with E-state index >= 15 is 0 Å². The number of carboxylic acid groups (broad SMARTS) is 1. The summed E-state index contributed by atoms with van der Waals surface area (Å²) in [5.41, 5.74) is 1.18. The zero-order valence-electron chi connectivity index (χ0n) is 15.9. The Hall–Kier alpha value is -1.94. The van der Waals surface area contributed by atoms with Crippen LogP contribution in [0, 0.1) is 0 Å². The molecule has 4 N–H and O–H groups in total. The van der Waals surface area contributed by atoms with Gasteiger partial charge in [-0.3, -0.25) is 9.69 Å². The van der Waals surface area contributed by atoms with E-state index in [1.54, 1.807) is 0 Å². The molecule has 2 rings (SSSR count). The molecule has 1 fully saturated rings. The van der Waals surface area contributed by atoms with E-state index in [4.69, 9.17) is 9.94 Å². The predicted octanol–water partition coefficient (Wildman–Crippen LogP) is 1.69. The lowest BCUT2D eigenvalue weighted by Gasteiger charge is -2.37. The highest BCUT2D eigenvalue weighted by Gasteiger charge is 2.53. The van der Waals surface area contributed by atoms with Gasteiger partial charge in [-0.25, -0.2) is 14.3 Å². The number of benzene rings is 1. The number of carbonyl (C=O) groups is 1. The number of nitrogens with zero attached hydrogens (tertiary/aromatic N) is 1. The van der Waals surface area contributed by atoms with Crippen LogP contribution < -0.4 is 10.6 Å². The summed E-state index contributed by atoms with van der Waals surface area (Å²) in [5, 5.41) is 16.3. The largest absolute Gasteiger partial charge is 0.497 e. The van der Waals surface area contributed by atoms with Crippen molar-refractivity contribution >= 4 is 15.8 Å². The smallest absolute Gasteiger partial charge is 0.325 e. The Labute approximate surface area is 160 Å². The van der Waals surface area contributed by atoms with E-state index in [0.717, 1.165) is 0 Å². The molecule has 1 aliphatic rings. The Morgan fingerprint density at radius 2 is 1.74 bits per heavy atom. The maximum Gasteiger partial charge on any atom is 0.325 e. The summed E-state index contributed by atoms with van der Waals surface area (Å²) in [6.07, 6.45) is 2.21. The van der Waals surface area contributed by atoms with Gasteiger partial charge in [0, 0.05) is 19.6 Å². The number of hydrogen-bond acceptors (Lipinski definition) is 7. The summed E-state index contributed by atoms with van der Waals surface area (Å²) in [4.78, 5) is 14.1. The van der Waals surface area contributed by atoms with E-state index in [1.807, 2.05) is 13.8 Å². The van der Waals surface area contributed by atoms with Crippen LogP contribution in [0.3, 0.4) is 0 Å². The lowest BCUT2D eigenvalue weighted by molar-refractivity contribution is -0.141. The van der Waals surface area contributed by atoms with Gasteiger partial charge in [0.2, 0.25) is 0 Å². The van der Waals surface area contributed by atoms with Gasteiger partial charge in [-0.2, -0.15) is 0 Å². The second-order valence-corrected chi connectivity index (χ2v) is 8.82. The molecule has 0 unspecified atom stereocenters. The van der Waals surface area contributed by atoms with E-state index < -0.39 is 20.6 Å². The van der Waals surface area contributed by atoms with Gasteiger partial charge in [0.05, 0.1) is 12.0 Å². The van der Waals surface area contributed by atoms with Crippen LogP contribution in [-0.4, -0.2) is 61.1 Å². The van der Waals surface area contributed by atoms with Gasteiger partial charge in [-0.15, -0.1) is 0 Å². The summed E-state index contributed by atoms with van der Waals surface area (Å²) in [6.45, 7) is 5.58. The molecule has 1 heterocycles. The second-order valence-electron chi connectivity index (χ2n) is 6.56. The predicted molar refractivity (Wildman–Crippen MR) is 102 cm³/mol. The average molecular weight is 400 g/mol. The lowest BCUT2D eigenvalue weighted by atomic mass is 9.95. The van der Waals surface area contributed by atoms with E-state index in [9.17, 15) is 18.3 Å². The van der Waals surface area contributed by atoms with Crippen LogP contribution in [0.25, 0.3) is 0 Å². The Bertz CT molecular complexity index is 747. The van der Waals surface area contributed by atoms with Crippen LogP contribution in [0.4, 0.5) is 0 Å². The third kappa shape index (κ3) is 5.07. The number of hydrogen-bond donors (Lipinski definition) is 3. The van der Waals surface area contributed by atoms with Crippen molar-refractivity contribution in [2.75, 3.05) is 26.7 Å². The monoisotopic (exact) mass is 400 g/mol. The first-order valence-electron chi connectivity index (χ1n) is 8.46. The molecule has 0 aliphatic carbocycles. The molecule has 0 atom stereocenters. The molecule has 1 aliphatic heterocycles. The molecule has 1 aromatic rings. The highest BCUT2D eigenvalue weighted by molar-refractivity contribution is 7.93. The molecule has 27 heavy (non-hydrogen) atoms. The van der Waals surface area contributed by atoms with E-state index in [0.29, 0.717) is 25.4 Å². The molecule has 0 bridgehead atoms. The fourth-order valence-electron chi connectivity index (χ4n) is 2.99. The zero-order chi connectivity index (χ0) is 20.7. The van der Waals surface area contributed by atoms with Crippen LogP contribution in [0.1, 0.15) is 26.7 Å². The van der Waals surface area contributed by atoms with E-state index in [-0.39, 0.29) is 17.7 Å². The van der Waals surface area contributed by atoms with Crippen LogP contribution >= 0.6 is 0 Å². The molecule has 152 valence electrons. The van der Waals surface area contributed by atoms with Crippen molar-refractivity contribution in [1.29, 1.82) is 0 Å². The standard InChI is InChI=1S/C18H25NO5S.H3NO/c1-14(2)8-11-19-12-9-18(10-13-19,17(20)21)25(22,23)16-6-4-15(24-3)5-7-16;1-2/h4-8H,9-13H2,1-3H3,(H,20,21);2H,1H2. The molecular weight excluding hydrogens is 372 g/mol. The van der Waals surface area contributed by atoms with Gasteiger partial charge in [-0.05, 0) is 51.0 Å². The van der Waals surface area contributed by atoms with Crippen LogP contribution in [0.2, 0.25) is 0 Å². The number of allylic oxidation sites excluding steroid dienone is 1. The highest BCUT2D eigenvalue weighted by atomic mass is 32.2. The maximum absolute atomic E-state index is 13.1. The van der Waals surface area contributed by atoms with Crippen molar-refractivity contribution in [1.82, 2.24) is 4.90 Å². The van der Waals surface area contributed by atoms with Crippen molar-refractivity contribution in [3.63, 3.8) is 0 Å². The number of ether oxygens (including phenoxy) is 1. The first-order chi connectivity index (χ1) is 12.7. The summed E-state index contributed by atoms with van der Waals surface area (Å²) in [6, 6.07) is 5.89. The molecule has 0 amide bonds. The van der Waals surface area contributed by atoms with E-state index in [1.165, 1.54) is 36.9 Å². The van der Waals surface area contributed by atoms with Crippen molar-refractivity contribution in [2.24, 2.45) is 5.90 Å². The van der Waals surface area contributed by atoms with Crippen LogP contribution in [-0.2, 0) is 14.6 Å². The Balaban J connectivity index is 0.00000176. The third-order valence-electron chi connectivity index (χ3n) is 4.70. The number of piperidine rings is 1. The lowest BCUT2D eigenvalue weighted by Crippen LogP contribution is -2.54. The molecule has 1 aromatic carbocycles. The average Bonchev–Trinajstić information content (AvgIpc) is 2.68. The highest BCUT2D eigenvalue weighted by Crippen LogP contribution is 2.36. The molecule has 8 nitrogen and oxygen atoms in total. The number of nitrogens with two attached hydrogens (primary N) is 1. The van der Waals surface area contributed by atoms with Crippen molar-refractivity contribution in [2.45, 2.75) is 36.3 Å². The zero-order valence-corrected chi connectivity index (χ0v) is 16.7. The quantitative estimate of drug-likeness (QED) is 0.486. The number of rotatable bonds is 6. The number of methoxy groups -OCH3 is 1. The molecule has 0 spiro atoms. The molecule has 0 aromatic heterocycles. The number of aliphatic carboxylic acids is 1. The van der Waals surface area contributed by atoms with Gasteiger partial charge in [0.15, 0.2) is 14.6 Å². The van der Waals surface area contributed by atoms with Gasteiger partial charge < -0.3 is 15.1 Å². The van der Waals surface area contributed by atoms with Crippen molar-refractivity contribution < 1.29 is 28.3 Å². The fourth-order valence-corrected chi connectivity index (χ4v) is 4.88. The van der Waals surface area contributed by atoms with Crippen molar-refractivity contribution in [3.8, 4) is 5.75 Å².